The van der Waals surface area contributed by atoms with Gasteiger partial charge in [-0.05, 0) is 45.2 Å². The molecule has 0 unspecified atom stereocenters. The molecular weight excluding hydrogens is 296 g/mol. The first-order chi connectivity index (χ1) is 10.9. The van der Waals surface area contributed by atoms with Crippen molar-refractivity contribution in [3.63, 3.8) is 0 Å². The highest BCUT2D eigenvalue weighted by atomic mass is 16.6. The number of nitrogens with zero attached hydrogens (tertiary/aromatic N) is 2. The van der Waals surface area contributed by atoms with Crippen LogP contribution >= 0.6 is 0 Å². The van der Waals surface area contributed by atoms with Crippen molar-refractivity contribution >= 4 is 18.2 Å². The van der Waals surface area contributed by atoms with Crippen LogP contribution in [0.4, 0.5) is 10.6 Å². The van der Waals surface area contributed by atoms with Gasteiger partial charge in [-0.1, -0.05) is 6.07 Å². The van der Waals surface area contributed by atoms with Crippen molar-refractivity contribution in [1.29, 1.82) is 0 Å². The third-order valence-electron chi connectivity index (χ3n) is 3.40. The summed E-state index contributed by atoms with van der Waals surface area (Å²) >= 11 is 0. The fourth-order valence-corrected chi connectivity index (χ4v) is 2.42. The van der Waals surface area contributed by atoms with E-state index in [1.54, 1.807) is 4.90 Å². The van der Waals surface area contributed by atoms with Crippen molar-refractivity contribution in [3.8, 4) is 0 Å². The van der Waals surface area contributed by atoms with E-state index in [9.17, 15) is 9.59 Å². The second kappa shape index (κ2) is 7.55. The molecule has 1 aliphatic heterocycles. The highest BCUT2D eigenvalue weighted by Gasteiger charge is 2.28. The van der Waals surface area contributed by atoms with E-state index in [-0.39, 0.29) is 12.7 Å². The molecule has 6 heteroatoms. The van der Waals surface area contributed by atoms with E-state index in [1.807, 2.05) is 32.9 Å². The highest BCUT2D eigenvalue weighted by Crippen LogP contribution is 2.27. The molecule has 1 aliphatic rings. The Morgan fingerprint density at radius 2 is 2.17 bits per heavy atom. The van der Waals surface area contributed by atoms with E-state index in [0.29, 0.717) is 25.4 Å². The first kappa shape index (κ1) is 17.4. The first-order valence-electron chi connectivity index (χ1n) is 7.91. The Morgan fingerprint density at radius 1 is 1.39 bits per heavy atom. The lowest BCUT2D eigenvalue weighted by atomic mass is 10.1. The van der Waals surface area contributed by atoms with Crippen LogP contribution < -0.4 is 4.90 Å². The number of aldehydes is 1. The summed E-state index contributed by atoms with van der Waals surface area (Å²) in [5.74, 6) is 0.679. The Labute approximate surface area is 136 Å². The monoisotopic (exact) mass is 320 g/mol. The maximum absolute atomic E-state index is 12.4. The smallest absolute Gasteiger partial charge is 0.416 e. The quantitative estimate of drug-likeness (QED) is 0.616. The molecule has 2 heterocycles. The molecule has 1 aromatic heterocycles. The van der Waals surface area contributed by atoms with E-state index in [4.69, 9.17) is 9.47 Å². The SMILES string of the molecule is CC(C)(C)OC(=O)N1CCCc2ccc(CCOCC=O)nc21. The second-order valence-electron chi connectivity index (χ2n) is 6.51. The third-order valence-corrected chi connectivity index (χ3v) is 3.40. The van der Waals surface area contributed by atoms with E-state index in [1.165, 1.54) is 0 Å². The Morgan fingerprint density at radius 3 is 2.87 bits per heavy atom. The Bertz CT molecular complexity index is 566. The molecule has 0 atom stereocenters. The third kappa shape index (κ3) is 5.03. The van der Waals surface area contributed by atoms with Crippen molar-refractivity contribution in [2.24, 2.45) is 0 Å². The van der Waals surface area contributed by atoms with Gasteiger partial charge < -0.3 is 14.3 Å². The zero-order valence-corrected chi connectivity index (χ0v) is 14.0. The molecule has 23 heavy (non-hydrogen) atoms. The number of hydrogen-bond acceptors (Lipinski definition) is 5. The minimum absolute atomic E-state index is 0.0922. The van der Waals surface area contributed by atoms with Crippen LogP contribution in [0.25, 0.3) is 0 Å². The maximum atomic E-state index is 12.4. The van der Waals surface area contributed by atoms with Gasteiger partial charge >= 0.3 is 6.09 Å². The van der Waals surface area contributed by atoms with Crippen LogP contribution in [0.2, 0.25) is 0 Å². The molecule has 0 aromatic carbocycles. The van der Waals surface area contributed by atoms with Gasteiger partial charge in [0.2, 0.25) is 0 Å². The fourth-order valence-electron chi connectivity index (χ4n) is 2.42. The molecule has 126 valence electrons. The number of amides is 1. The van der Waals surface area contributed by atoms with Crippen molar-refractivity contribution < 1.29 is 19.1 Å². The average molecular weight is 320 g/mol. The highest BCUT2D eigenvalue weighted by molar-refractivity contribution is 5.88. The van der Waals surface area contributed by atoms with Crippen LogP contribution in [0.1, 0.15) is 38.4 Å². The number of fused-ring (bicyclic) bond motifs is 1. The molecule has 0 radical (unpaired) electrons. The molecule has 0 bridgehead atoms. The normalized spacial score (nSPS) is 14.3. The molecule has 1 aromatic rings. The Balaban J connectivity index is 2.12. The van der Waals surface area contributed by atoms with Gasteiger partial charge in [0.25, 0.3) is 0 Å². The molecule has 0 saturated heterocycles. The van der Waals surface area contributed by atoms with Crippen molar-refractivity contribution in [2.75, 3.05) is 24.7 Å². The van der Waals surface area contributed by atoms with Gasteiger partial charge in [0.1, 0.15) is 24.3 Å². The predicted molar refractivity (Wildman–Crippen MR) is 86.7 cm³/mol. The summed E-state index contributed by atoms with van der Waals surface area (Å²) in [6.07, 6.45) is 2.77. The Kier molecular flexibility index (Phi) is 5.71. The van der Waals surface area contributed by atoms with Gasteiger partial charge in [-0.15, -0.1) is 0 Å². The van der Waals surface area contributed by atoms with E-state index < -0.39 is 5.60 Å². The van der Waals surface area contributed by atoms with Gasteiger partial charge in [0.05, 0.1) is 6.61 Å². The van der Waals surface area contributed by atoms with Crippen molar-refractivity contribution in [2.45, 2.75) is 45.6 Å². The van der Waals surface area contributed by atoms with Crippen LogP contribution in [0.3, 0.4) is 0 Å². The minimum atomic E-state index is -0.533. The summed E-state index contributed by atoms with van der Waals surface area (Å²) in [4.78, 5) is 28.8. The van der Waals surface area contributed by atoms with Crippen LogP contribution in [0, 0.1) is 0 Å². The maximum Gasteiger partial charge on any atom is 0.416 e. The number of hydrogen-bond donors (Lipinski definition) is 0. The van der Waals surface area contributed by atoms with Gasteiger partial charge in [-0.3, -0.25) is 4.90 Å². The molecule has 2 rings (SSSR count). The summed E-state index contributed by atoms with van der Waals surface area (Å²) in [5.41, 5.74) is 1.36. The first-order valence-corrected chi connectivity index (χ1v) is 7.91. The largest absolute Gasteiger partial charge is 0.443 e. The lowest BCUT2D eigenvalue weighted by Crippen LogP contribution is -2.40. The Hall–Kier alpha value is -1.95. The average Bonchev–Trinajstić information content (AvgIpc) is 2.49. The predicted octanol–water partition coefficient (Wildman–Crippen LogP) is 2.53. The number of rotatable bonds is 5. The summed E-state index contributed by atoms with van der Waals surface area (Å²) < 4.78 is 10.6. The summed E-state index contributed by atoms with van der Waals surface area (Å²) in [6.45, 7) is 6.68. The number of aryl methyl sites for hydroxylation is 1. The molecule has 0 N–H and O–H groups in total. The minimum Gasteiger partial charge on any atom is -0.443 e. The van der Waals surface area contributed by atoms with Crippen LogP contribution in [-0.4, -0.2) is 42.7 Å². The molecule has 1 amide bonds. The van der Waals surface area contributed by atoms with Crippen molar-refractivity contribution in [3.05, 3.63) is 23.4 Å². The number of anilines is 1. The van der Waals surface area contributed by atoms with Gasteiger partial charge in [0.15, 0.2) is 0 Å². The molecule has 0 spiro atoms. The van der Waals surface area contributed by atoms with Gasteiger partial charge in [-0.2, -0.15) is 0 Å². The standard InChI is InChI=1S/C17H24N2O4/c1-17(2,3)23-16(21)19-9-4-5-13-6-7-14(18-15(13)19)8-11-22-12-10-20/h6-7,10H,4-5,8-9,11-12H2,1-3H3. The zero-order valence-electron chi connectivity index (χ0n) is 14.0. The number of ether oxygens (including phenoxy) is 2. The summed E-state index contributed by atoms with van der Waals surface area (Å²) in [5, 5.41) is 0. The summed E-state index contributed by atoms with van der Waals surface area (Å²) in [6, 6.07) is 3.95. The van der Waals surface area contributed by atoms with Crippen LogP contribution in [-0.2, 0) is 27.1 Å². The number of pyridine rings is 1. The van der Waals surface area contributed by atoms with Gasteiger partial charge in [-0.25, -0.2) is 9.78 Å². The lowest BCUT2D eigenvalue weighted by molar-refractivity contribution is -0.111. The zero-order chi connectivity index (χ0) is 16.9. The van der Waals surface area contributed by atoms with E-state index in [2.05, 4.69) is 4.98 Å². The van der Waals surface area contributed by atoms with E-state index in [0.717, 1.165) is 30.4 Å². The molecule has 0 fully saturated rings. The topological polar surface area (TPSA) is 68.7 Å². The number of carbonyl (C=O) groups is 2. The fraction of sp³-hybridized carbons (Fsp3) is 0.588. The van der Waals surface area contributed by atoms with Crippen molar-refractivity contribution in [1.82, 2.24) is 4.98 Å². The molecule has 6 nitrogen and oxygen atoms in total. The van der Waals surface area contributed by atoms with Crippen LogP contribution in [0.5, 0.6) is 0 Å². The number of carbonyl (C=O) groups excluding carboxylic acids is 2. The van der Waals surface area contributed by atoms with Gasteiger partial charge in [0, 0.05) is 18.7 Å². The van der Waals surface area contributed by atoms with Crippen LogP contribution in [0.15, 0.2) is 12.1 Å². The molecule has 0 saturated carbocycles. The lowest BCUT2D eigenvalue weighted by Gasteiger charge is -2.31. The van der Waals surface area contributed by atoms with E-state index >= 15 is 0 Å². The summed E-state index contributed by atoms with van der Waals surface area (Å²) in [7, 11) is 0. The number of aromatic nitrogens is 1. The molecular formula is C17H24N2O4. The molecule has 0 aliphatic carbocycles. The second-order valence-corrected chi connectivity index (χ2v) is 6.51.